The van der Waals surface area contributed by atoms with Crippen molar-refractivity contribution in [1.82, 2.24) is 0 Å². The van der Waals surface area contributed by atoms with E-state index < -0.39 is 13.5 Å². The molecule has 0 spiro atoms. The highest BCUT2D eigenvalue weighted by atomic mass is 19.4. The lowest BCUT2D eigenvalue weighted by atomic mass is 9.78. The van der Waals surface area contributed by atoms with E-state index in [9.17, 15) is 13.2 Å². The summed E-state index contributed by atoms with van der Waals surface area (Å²) in [5, 5.41) is 0. The lowest BCUT2D eigenvalue weighted by Crippen LogP contribution is -2.37. The van der Waals surface area contributed by atoms with Crippen LogP contribution in [0.25, 0.3) is 0 Å². The monoisotopic (exact) mass is 290 g/mol. The van der Waals surface area contributed by atoms with Crippen LogP contribution in [0.4, 0.5) is 13.2 Å². The van der Waals surface area contributed by atoms with Crippen molar-refractivity contribution in [2.24, 2.45) is 0 Å². The summed E-state index contributed by atoms with van der Waals surface area (Å²) in [5.41, 5.74) is 0.508. The number of hydrogen-bond donors (Lipinski definition) is 0. The van der Waals surface area contributed by atoms with E-state index >= 15 is 0 Å². The van der Waals surface area contributed by atoms with Gasteiger partial charge in [-0.15, -0.1) is 13.2 Å². The molecule has 0 unspecified atom stereocenters. The van der Waals surface area contributed by atoms with E-state index in [1.165, 1.54) is 18.2 Å². The largest absolute Gasteiger partial charge is 0.573 e. The molecule has 1 aromatic rings. The van der Waals surface area contributed by atoms with E-state index in [4.69, 9.17) is 9.31 Å². The second-order valence-electron chi connectivity index (χ2n) is 4.19. The van der Waals surface area contributed by atoms with Crippen LogP contribution in [0.2, 0.25) is 0 Å². The van der Waals surface area contributed by atoms with Crippen LogP contribution in [0.5, 0.6) is 5.75 Å². The summed E-state index contributed by atoms with van der Waals surface area (Å²) in [6.07, 6.45) is -3.11. The van der Waals surface area contributed by atoms with Crippen LogP contribution >= 0.6 is 0 Å². The van der Waals surface area contributed by atoms with Gasteiger partial charge in [-0.2, -0.15) is 0 Å². The summed E-state index contributed by atoms with van der Waals surface area (Å²) in [6, 6.07) is 5.66. The van der Waals surface area contributed by atoms with Crippen molar-refractivity contribution < 1.29 is 27.2 Å². The maximum absolute atomic E-state index is 12.2. The summed E-state index contributed by atoms with van der Waals surface area (Å²) in [4.78, 5) is 0. The molecule has 0 aliphatic heterocycles. The van der Waals surface area contributed by atoms with E-state index in [2.05, 4.69) is 4.74 Å². The van der Waals surface area contributed by atoms with Gasteiger partial charge in [-0.1, -0.05) is 26.0 Å². The highest BCUT2D eigenvalue weighted by molar-refractivity contribution is 6.61. The molecule has 0 aliphatic carbocycles. The molecule has 0 N–H and O–H groups in total. The number of halogens is 3. The van der Waals surface area contributed by atoms with E-state index in [1.54, 1.807) is 6.07 Å². The summed E-state index contributed by atoms with van der Waals surface area (Å²) in [5.74, 6) is -0.278. The maximum Gasteiger partial charge on any atom is 0.573 e. The zero-order valence-electron chi connectivity index (χ0n) is 11.6. The number of alkyl halides is 3. The molecule has 1 aromatic carbocycles. The molecule has 0 aromatic heterocycles. The maximum atomic E-state index is 12.2. The Morgan fingerprint density at radius 2 is 1.65 bits per heavy atom. The van der Waals surface area contributed by atoms with Crippen molar-refractivity contribution in [2.45, 2.75) is 33.1 Å². The molecule has 112 valence electrons. The highest BCUT2D eigenvalue weighted by Crippen LogP contribution is 2.21. The molecule has 0 saturated carbocycles. The third-order valence-electron chi connectivity index (χ3n) is 2.31. The normalized spacial score (nSPS) is 11.4. The Bertz CT molecular complexity index is 391. The van der Waals surface area contributed by atoms with E-state index in [-0.39, 0.29) is 5.75 Å². The first-order valence-corrected chi connectivity index (χ1v) is 6.55. The topological polar surface area (TPSA) is 27.7 Å². The molecule has 0 bridgehead atoms. The molecule has 7 heteroatoms. The summed E-state index contributed by atoms with van der Waals surface area (Å²) in [6.45, 7) is 4.83. The van der Waals surface area contributed by atoms with Gasteiger partial charge in [0.1, 0.15) is 5.75 Å². The molecule has 0 aliphatic rings. The summed E-state index contributed by atoms with van der Waals surface area (Å²) < 4.78 is 51.5. The molecule has 0 fully saturated rings. The van der Waals surface area contributed by atoms with Gasteiger partial charge in [0.05, 0.1) is 0 Å². The minimum atomic E-state index is -4.71. The van der Waals surface area contributed by atoms with Crippen molar-refractivity contribution in [2.75, 3.05) is 13.2 Å². The minimum absolute atomic E-state index is 0.278. The standard InChI is InChI=1S/C13H18BF3O3/c1-3-8-18-14(19-9-4-2)11-6-5-7-12(10-11)20-13(15,16)17/h5-7,10H,3-4,8-9H2,1-2H3. The van der Waals surface area contributed by atoms with Crippen molar-refractivity contribution in [3.8, 4) is 5.75 Å². The number of rotatable bonds is 8. The molecule has 1 rings (SSSR count). The second-order valence-corrected chi connectivity index (χ2v) is 4.19. The van der Waals surface area contributed by atoms with Crippen LogP contribution in [0, 0.1) is 0 Å². The highest BCUT2D eigenvalue weighted by Gasteiger charge is 2.31. The van der Waals surface area contributed by atoms with Gasteiger partial charge in [-0.3, -0.25) is 0 Å². The van der Waals surface area contributed by atoms with E-state index in [1.807, 2.05) is 13.8 Å². The number of hydrogen-bond acceptors (Lipinski definition) is 3. The smallest absolute Gasteiger partial charge is 0.407 e. The van der Waals surface area contributed by atoms with Crippen LogP contribution in [-0.2, 0) is 9.31 Å². The van der Waals surface area contributed by atoms with Gasteiger partial charge in [0.2, 0.25) is 0 Å². The van der Waals surface area contributed by atoms with Gasteiger partial charge in [0.15, 0.2) is 0 Å². The van der Waals surface area contributed by atoms with Gasteiger partial charge in [0, 0.05) is 13.2 Å². The third kappa shape index (κ3) is 6.30. The number of benzene rings is 1. The minimum Gasteiger partial charge on any atom is -0.407 e. The van der Waals surface area contributed by atoms with Gasteiger partial charge in [0.25, 0.3) is 0 Å². The zero-order valence-corrected chi connectivity index (χ0v) is 11.6. The molecule has 0 atom stereocenters. The molecule has 0 saturated heterocycles. The average Bonchev–Trinajstić information content (AvgIpc) is 2.37. The Balaban J connectivity index is 2.81. The Morgan fingerprint density at radius 1 is 1.05 bits per heavy atom. The van der Waals surface area contributed by atoms with Crippen molar-refractivity contribution in [1.29, 1.82) is 0 Å². The van der Waals surface area contributed by atoms with Crippen LogP contribution in [-0.4, -0.2) is 26.7 Å². The Hall–Kier alpha value is -1.21. The molecule has 20 heavy (non-hydrogen) atoms. The van der Waals surface area contributed by atoms with E-state index in [0.717, 1.165) is 12.8 Å². The SMILES string of the molecule is CCCOB(OCCC)c1cccc(OC(F)(F)F)c1. The summed E-state index contributed by atoms with van der Waals surface area (Å²) in [7, 11) is -0.674. The fourth-order valence-corrected chi connectivity index (χ4v) is 1.55. The molecule has 0 heterocycles. The Kier molecular flexibility index (Phi) is 6.88. The second kappa shape index (κ2) is 8.16. The fourth-order valence-electron chi connectivity index (χ4n) is 1.55. The van der Waals surface area contributed by atoms with Crippen molar-refractivity contribution in [3.05, 3.63) is 24.3 Å². The van der Waals surface area contributed by atoms with E-state index in [0.29, 0.717) is 18.7 Å². The van der Waals surface area contributed by atoms with Crippen LogP contribution < -0.4 is 10.2 Å². The lowest BCUT2D eigenvalue weighted by Gasteiger charge is -2.15. The fraction of sp³-hybridized carbons (Fsp3) is 0.538. The first-order chi connectivity index (χ1) is 9.46. The molecule has 3 nitrogen and oxygen atoms in total. The predicted octanol–water partition coefficient (Wildman–Crippen LogP) is 3.13. The Morgan fingerprint density at radius 3 is 2.15 bits per heavy atom. The molecule has 0 amide bonds. The average molecular weight is 290 g/mol. The van der Waals surface area contributed by atoms with Crippen molar-refractivity contribution >= 4 is 12.6 Å². The van der Waals surface area contributed by atoms with Crippen LogP contribution in [0.3, 0.4) is 0 Å². The molecular weight excluding hydrogens is 272 g/mol. The van der Waals surface area contributed by atoms with Crippen molar-refractivity contribution in [3.63, 3.8) is 0 Å². The number of ether oxygens (including phenoxy) is 1. The zero-order chi connectivity index (χ0) is 15.0. The first kappa shape index (κ1) is 16.8. The lowest BCUT2D eigenvalue weighted by molar-refractivity contribution is -0.274. The van der Waals surface area contributed by atoms with Gasteiger partial charge >= 0.3 is 13.5 Å². The van der Waals surface area contributed by atoms with Crippen LogP contribution in [0.15, 0.2) is 24.3 Å². The summed E-state index contributed by atoms with van der Waals surface area (Å²) >= 11 is 0. The predicted molar refractivity (Wildman–Crippen MR) is 71.0 cm³/mol. The van der Waals surface area contributed by atoms with Gasteiger partial charge < -0.3 is 14.0 Å². The van der Waals surface area contributed by atoms with Crippen LogP contribution in [0.1, 0.15) is 26.7 Å². The third-order valence-corrected chi connectivity index (χ3v) is 2.31. The molecule has 0 radical (unpaired) electrons. The van der Waals surface area contributed by atoms with Gasteiger partial charge in [-0.25, -0.2) is 0 Å². The molecular formula is C13H18BF3O3. The quantitative estimate of drug-likeness (QED) is 0.688. The first-order valence-electron chi connectivity index (χ1n) is 6.55. The van der Waals surface area contributed by atoms with Gasteiger partial charge in [-0.05, 0) is 30.4 Å². The Labute approximate surface area is 117 Å².